The Balaban J connectivity index is 2.12. The van der Waals surface area contributed by atoms with Gasteiger partial charge in [-0.15, -0.1) is 10.2 Å². The van der Waals surface area contributed by atoms with Gasteiger partial charge in [0.2, 0.25) is 5.91 Å². The van der Waals surface area contributed by atoms with Crippen LogP contribution in [0.15, 0.2) is 41.6 Å². The molecule has 2 rings (SSSR count). The highest BCUT2D eigenvalue weighted by atomic mass is 32.2. The standard InChI is InChI=1S/C19H26N4O2S/c1-6-22(12-14(3)4)17(24)13-26-19-21-20-18(23(19)7-2)15-8-10-16(25-5)11-9-15/h8-11H,3,6-7,12-13H2,1-2,4-5H3. The molecule has 1 amide bonds. The first-order chi connectivity index (χ1) is 12.5. The number of carbonyl (C=O) groups is 1. The lowest BCUT2D eigenvalue weighted by Gasteiger charge is -2.20. The van der Waals surface area contributed by atoms with E-state index in [2.05, 4.69) is 16.8 Å². The van der Waals surface area contributed by atoms with Gasteiger partial charge >= 0.3 is 0 Å². The molecule has 140 valence electrons. The average Bonchev–Trinajstić information content (AvgIpc) is 3.06. The molecule has 2 aromatic rings. The van der Waals surface area contributed by atoms with Crippen molar-refractivity contribution in [2.75, 3.05) is 26.0 Å². The van der Waals surface area contributed by atoms with Gasteiger partial charge in [0.25, 0.3) is 0 Å². The van der Waals surface area contributed by atoms with E-state index in [1.807, 2.05) is 49.6 Å². The van der Waals surface area contributed by atoms with Crippen LogP contribution in [0.25, 0.3) is 11.4 Å². The Bertz CT molecular complexity index is 755. The number of ether oxygens (including phenoxy) is 1. The Hall–Kier alpha value is -2.28. The summed E-state index contributed by atoms with van der Waals surface area (Å²) in [7, 11) is 1.64. The molecule has 0 aliphatic rings. The fraction of sp³-hybridized carbons (Fsp3) is 0.421. The van der Waals surface area contributed by atoms with E-state index >= 15 is 0 Å². The Morgan fingerprint density at radius 1 is 1.27 bits per heavy atom. The van der Waals surface area contributed by atoms with Crippen LogP contribution in [-0.4, -0.2) is 51.5 Å². The van der Waals surface area contributed by atoms with Crippen molar-refractivity contribution in [1.82, 2.24) is 19.7 Å². The summed E-state index contributed by atoms with van der Waals surface area (Å²) >= 11 is 1.42. The molecule has 0 aliphatic heterocycles. The normalized spacial score (nSPS) is 10.6. The highest BCUT2D eigenvalue weighted by molar-refractivity contribution is 7.99. The van der Waals surface area contributed by atoms with Gasteiger partial charge in [0.15, 0.2) is 11.0 Å². The lowest BCUT2D eigenvalue weighted by Crippen LogP contribution is -2.33. The van der Waals surface area contributed by atoms with Gasteiger partial charge in [0.1, 0.15) is 5.75 Å². The van der Waals surface area contributed by atoms with E-state index in [9.17, 15) is 4.79 Å². The molecule has 1 aromatic carbocycles. The zero-order chi connectivity index (χ0) is 19.1. The second kappa shape index (κ2) is 9.43. The molecule has 7 heteroatoms. The van der Waals surface area contributed by atoms with Crippen LogP contribution in [0, 0.1) is 0 Å². The molecule has 0 N–H and O–H groups in total. The van der Waals surface area contributed by atoms with Crippen molar-refractivity contribution >= 4 is 17.7 Å². The molecule has 6 nitrogen and oxygen atoms in total. The Kier molecular flexibility index (Phi) is 7.26. The third-order valence-corrected chi connectivity index (χ3v) is 4.85. The molecule has 0 bridgehead atoms. The van der Waals surface area contributed by atoms with Crippen molar-refractivity contribution < 1.29 is 9.53 Å². The number of hydrogen-bond acceptors (Lipinski definition) is 5. The first-order valence-corrected chi connectivity index (χ1v) is 9.61. The number of amides is 1. The SMILES string of the molecule is C=C(C)CN(CC)C(=O)CSc1nnc(-c2ccc(OC)cc2)n1CC. The largest absolute Gasteiger partial charge is 0.497 e. The number of carbonyl (C=O) groups excluding carboxylic acids is 1. The van der Waals surface area contributed by atoms with Crippen LogP contribution in [0.2, 0.25) is 0 Å². The van der Waals surface area contributed by atoms with E-state index in [0.717, 1.165) is 34.4 Å². The Morgan fingerprint density at radius 2 is 1.96 bits per heavy atom. The lowest BCUT2D eigenvalue weighted by molar-refractivity contribution is -0.127. The fourth-order valence-corrected chi connectivity index (χ4v) is 3.46. The highest BCUT2D eigenvalue weighted by Crippen LogP contribution is 2.25. The number of nitrogens with zero attached hydrogens (tertiary/aromatic N) is 4. The molecule has 1 heterocycles. The number of methoxy groups -OCH3 is 1. The predicted octanol–water partition coefficient (Wildman–Crippen LogP) is 3.49. The van der Waals surface area contributed by atoms with Crippen LogP contribution in [0.5, 0.6) is 5.75 Å². The second-order valence-electron chi connectivity index (χ2n) is 5.93. The van der Waals surface area contributed by atoms with Crippen molar-refractivity contribution in [3.63, 3.8) is 0 Å². The minimum absolute atomic E-state index is 0.0807. The molecule has 0 saturated carbocycles. The Labute approximate surface area is 159 Å². The van der Waals surface area contributed by atoms with Crippen LogP contribution < -0.4 is 4.74 Å². The average molecular weight is 375 g/mol. The number of aromatic nitrogens is 3. The number of rotatable bonds is 9. The first-order valence-electron chi connectivity index (χ1n) is 8.62. The van der Waals surface area contributed by atoms with Crippen LogP contribution in [-0.2, 0) is 11.3 Å². The van der Waals surface area contributed by atoms with Crippen LogP contribution in [0.4, 0.5) is 0 Å². The Morgan fingerprint density at radius 3 is 2.50 bits per heavy atom. The number of thioether (sulfide) groups is 1. The van der Waals surface area contributed by atoms with Crippen molar-refractivity contribution in [3.8, 4) is 17.1 Å². The summed E-state index contributed by atoms with van der Waals surface area (Å²) in [6.07, 6.45) is 0. The fourth-order valence-electron chi connectivity index (χ4n) is 2.55. The van der Waals surface area contributed by atoms with Gasteiger partial charge in [-0.2, -0.15) is 0 Å². The van der Waals surface area contributed by atoms with E-state index < -0.39 is 0 Å². The second-order valence-corrected chi connectivity index (χ2v) is 6.88. The number of likely N-dealkylation sites (N-methyl/N-ethyl adjacent to an activating group) is 1. The first kappa shape index (κ1) is 20.0. The number of hydrogen-bond donors (Lipinski definition) is 0. The molecule has 0 unspecified atom stereocenters. The van der Waals surface area contributed by atoms with E-state index in [0.29, 0.717) is 18.8 Å². The van der Waals surface area contributed by atoms with Gasteiger partial charge in [-0.25, -0.2) is 0 Å². The van der Waals surface area contributed by atoms with E-state index in [-0.39, 0.29) is 5.91 Å². The summed E-state index contributed by atoms with van der Waals surface area (Å²) in [5.41, 5.74) is 1.94. The molecule has 0 atom stereocenters. The van der Waals surface area contributed by atoms with Gasteiger partial charge in [0, 0.05) is 25.2 Å². The topological polar surface area (TPSA) is 60.3 Å². The maximum Gasteiger partial charge on any atom is 0.233 e. The minimum Gasteiger partial charge on any atom is -0.497 e. The number of benzene rings is 1. The highest BCUT2D eigenvalue weighted by Gasteiger charge is 2.17. The van der Waals surface area contributed by atoms with Gasteiger partial charge < -0.3 is 14.2 Å². The van der Waals surface area contributed by atoms with Gasteiger partial charge in [-0.05, 0) is 45.0 Å². The maximum atomic E-state index is 12.4. The van der Waals surface area contributed by atoms with Crippen molar-refractivity contribution in [2.24, 2.45) is 0 Å². The summed E-state index contributed by atoms with van der Waals surface area (Å²) in [5, 5.41) is 9.34. The van der Waals surface area contributed by atoms with Gasteiger partial charge in [-0.1, -0.05) is 23.9 Å². The van der Waals surface area contributed by atoms with Crippen molar-refractivity contribution in [1.29, 1.82) is 0 Å². The molecule has 1 aromatic heterocycles. The van der Waals surface area contributed by atoms with Crippen LogP contribution in [0.3, 0.4) is 0 Å². The molecule has 0 saturated heterocycles. The third kappa shape index (κ3) is 4.88. The minimum atomic E-state index is 0.0807. The third-order valence-electron chi connectivity index (χ3n) is 3.90. The molecular weight excluding hydrogens is 348 g/mol. The summed E-state index contributed by atoms with van der Waals surface area (Å²) in [6.45, 7) is 11.8. The molecule has 0 radical (unpaired) electrons. The van der Waals surface area contributed by atoms with Crippen LogP contribution >= 0.6 is 11.8 Å². The van der Waals surface area contributed by atoms with E-state index in [1.54, 1.807) is 12.0 Å². The lowest BCUT2D eigenvalue weighted by atomic mass is 10.2. The van der Waals surface area contributed by atoms with Gasteiger partial charge in [0.05, 0.1) is 12.9 Å². The maximum absolute atomic E-state index is 12.4. The quantitative estimate of drug-likeness (QED) is 0.497. The molecular formula is C19H26N4O2S. The zero-order valence-corrected chi connectivity index (χ0v) is 16.7. The van der Waals surface area contributed by atoms with Crippen molar-refractivity contribution in [2.45, 2.75) is 32.5 Å². The van der Waals surface area contributed by atoms with E-state index in [4.69, 9.17) is 4.74 Å². The van der Waals surface area contributed by atoms with Crippen LogP contribution in [0.1, 0.15) is 20.8 Å². The molecule has 0 fully saturated rings. The van der Waals surface area contributed by atoms with Crippen molar-refractivity contribution in [3.05, 3.63) is 36.4 Å². The van der Waals surface area contributed by atoms with Gasteiger partial charge in [-0.3, -0.25) is 4.79 Å². The summed E-state index contributed by atoms with van der Waals surface area (Å²) < 4.78 is 7.22. The molecule has 26 heavy (non-hydrogen) atoms. The molecule has 0 aliphatic carbocycles. The van der Waals surface area contributed by atoms with E-state index in [1.165, 1.54) is 11.8 Å². The monoisotopic (exact) mass is 374 g/mol. The summed E-state index contributed by atoms with van der Waals surface area (Å²) in [5.74, 6) is 2.01. The predicted molar refractivity (Wildman–Crippen MR) is 105 cm³/mol. The summed E-state index contributed by atoms with van der Waals surface area (Å²) in [6, 6.07) is 7.72. The zero-order valence-electron chi connectivity index (χ0n) is 15.9. The summed E-state index contributed by atoms with van der Waals surface area (Å²) in [4.78, 5) is 14.2. The molecule has 0 spiro atoms. The smallest absolute Gasteiger partial charge is 0.233 e.